The molecule has 0 aliphatic carbocycles. The van der Waals surface area contributed by atoms with Gasteiger partial charge in [0.25, 0.3) is 0 Å². The van der Waals surface area contributed by atoms with E-state index in [0.29, 0.717) is 6.42 Å². The average Bonchev–Trinajstić information content (AvgIpc) is 1.68. The van der Waals surface area contributed by atoms with Gasteiger partial charge in [0.15, 0.2) is 0 Å². The molecule has 1 atom stereocenters. The minimum absolute atomic E-state index is 0.594. The second-order valence-electron chi connectivity index (χ2n) is 1.43. The quantitative estimate of drug-likeness (QED) is 0.517. The lowest BCUT2D eigenvalue weighted by Gasteiger charge is -1.92. The van der Waals surface area contributed by atoms with Crippen LogP contribution in [0.2, 0.25) is 0 Å². The summed E-state index contributed by atoms with van der Waals surface area (Å²) in [6, 6.07) is 1.72. The molecule has 0 radical (unpaired) electrons. The van der Waals surface area contributed by atoms with Crippen molar-refractivity contribution in [3.05, 3.63) is 0 Å². The summed E-state index contributed by atoms with van der Waals surface area (Å²) in [4.78, 5) is 0. The molecule has 7 heavy (non-hydrogen) atoms. The van der Waals surface area contributed by atoms with Gasteiger partial charge in [-0.25, -0.2) is 0 Å². The molecule has 2 heteroatoms. The van der Waals surface area contributed by atoms with Crippen molar-refractivity contribution in [2.45, 2.75) is 25.9 Å². The van der Waals surface area contributed by atoms with E-state index in [9.17, 15) is 0 Å². The van der Waals surface area contributed by atoms with E-state index in [1.54, 1.807) is 6.07 Å². The molecule has 0 amide bonds. The molecule has 0 heterocycles. The predicted molar refractivity (Wildman–Crippen MR) is 26.5 cm³/mol. The Morgan fingerprint density at radius 2 is 2.43 bits per heavy atom. The summed E-state index contributed by atoms with van der Waals surface area (Å²) in [6.45, 7) is 1.93. The molecular weight excluding hydrogens is 90.1 g/mol. The molecule has 0 saturated carbocycles. The zero-order valence-electron chi connectivity index (χ0n) is 4.39. The Hall–Kier alpha value is -0.550. The van der Waals surface area contributed by atoms with Crippen molar-refractivity contribution >= 4 is 0 Å². The van der Waals surface area contributed by atoms with E-state index in [0.717, 1.165) is 6.42 Å². The molecule has 0 aromatic rings. The fraction of sp³-hybridized carbons (Fsp3) is 0.800. The monoisotopic (exact) mass is 99.1 g/mol. The highest BCUT2D eigenvalue weighted by molar-refractivity contribution is 4.80. The highest BCUT2D eigenvalue weighted by atomic mass is 16.3. The van der Waals surface area contributed by atoms with E-state index in [-0.39, 0.29) is 0 Å². The molecule has 0 aromatic carbocycles. The summed E-state index contributed by atoms with van der Waals surface area (Å²) in [5.41, 5.74) is 0. The Balaban J connectivity index is 3.04. The smallest absolute Gasteiger partial charge is 0.140 e. The molecule has 0 spiro atoms. The number of nitriles is 1. The predicted octanol–water partition coefficient (Wildman–Crippen LogP) is 0.671. The van der Waals surface area contributed by atoms with Crippen LogP contribution in [0.25, 0.3) is 0 Å². The van der Waals surface area contributed by atoms with Crippen LogP contribution in [0.5, 0.6) is 0 Å². The summed E-state index contributed by atoms with van der Waals surface area (Å²) in [6.07, 6.45) is 0.718. The second kappa shape index (κ2) is 3.63. The van der Waals surface area contributed by atoms with Crippen LogP contribution >= 0.6 is 0 Å². The van der Waals surface area contributed by atoms with Crippen molar-refractivity contribution in [2.75, 3.05) is 0 Å². The minimum atomic E-state index is -0.745. The molecule has 0 saturated heterocycles. The third kappa shape index (κ3) is 3.28. The lowest BCUT2D eigenvalue weighted by atomic mass is 10.2. The SMILES string of the molecule is CCC[C@H](O)C#N. The van der Waals surface area contributed by atoms with Crippen LogP contribution < -0.4 is 0 Å². The normalized spacial score (nSPS) is 12.7. The second-order valence-corrected chi connectivity index (χ2v) is 1.43. The van der Waals surface area contributed by atoms with Gasteiger partial charge < -0.3 is 5.11 Å². The molecule has 0 fully saturated rings. The Bertz CT molecular complexity index is 74.6. The minimum Gasteiger partial charge on any atom is -0.378 e. The van der Waals surface area contributed by atoms with Gasteiger partial charge in [-0.3, -0.25) is 0 Å². The molecule has 0 unspecified atom stereocenters. The van der Waals surface area contributed by atoms with Crippen molar-refractivity contribution in [3.63, 3.8) is 0 Å². The third-order valence-corrected chi connectivity index (χ3v) is 0.711. The Kier molecular flexibility index (Phi) is 3.35. The Morgan fingerprint density at radius 1 is 1.86 bits per heavy atom. The fourth-order valence-electron chi connectivity index (χ4n) is 0.338. The van der Waals surface area contributed by atoms with Gasteiger partial charge in [-0.05, 0) is 6.42 Å². The maximum atomic E-state index is 8.50. The highest BCUT2D eigenvalue weighted by Crippen LogP contribution is 1.91. The first-order valence-corrected chi connectivity index (χ1v) is 2.39. The Labute approximate surface area is 43.4 Å². The van der Waals surface area contributed by atoms with Crippen LogP contribution in [-0.2, 0) is 0 Å². The summed E-state index contributed by atoms with van der Waals surface area (Å²) in [5.74, 6) is 0. The van der Waals surface area contributed by atoms with Crippen molar-refractivity contribution in [3.8, 4) is 6.07 Å². The van der Waals surface area contributed by atoms with Crippen LogP contribution in [-0.4, -0.2) is 11.2 Å². The van der Waals surface area contributed by atoms with Crippen LogP contribution in [0.1, 0.15) is 19.8 Å². The molecular formula is C5H9NO. The Morgan fingerprint density at radius 3 is 2.57 bits per heavy atom. The zero-order valence-corrected chi connectivity index (χ0v) is 4.39. The van der Waals surface area contributed by atoms with Gasteiger partial charge in [0.2, 0.25) is 0 Å². The van der Waals surface area contributed by atoms with E-state index in [1.807, 2.05) is 6.92 Å². The van der Waals surface area contributed by atoms with Gasteiger partial charge in [0.05, 0.1) is 6.07 Å². The maximum Gasteiger partial charge on any atom is 0.140 e. The summed E-state index contributed by atoms with van der Waals surface area (Å²) in [7, 11) is 0. The van der Waals surface area contributed by atoms with E-state index in [2.05, 4.69) is 0 Å². The van der Waals surface area contributed by atoms with Gasteiger partial charge in [-0.2, -0.15) is 5.26 Å². The van der Waals surface area contributed by atoms with Crippen molar-refractivity contribution in [1.29, 1.82) is 5.26 Å². The largest absolute Gasteiger partial charge is 0.378 e. The van der Waals surface area contributed by atoms with Gasteiger partial charge in [0, 0.05) is 0 Å². The summed E-state index contributed by atoms with van der Waals surface area (Å²) < 4.78 is 0. The van der Waals surface area contributed by atoms with Crippen LogP contribution in [0.4, 0.5) is 0 Å². The molecule has 0 aliphatic rings. The summed E-state index contributed by atoms with van der Waals surface area (Å²) in [5, 5.41) is 16.5. The number of aliphatic hydroxyl groups excluding tert-OH is 1. The molecule has 0 rings (SSSR count). The number of rotatable bonds is 2. The van der Waals surface area contributed by atoms with Crippen LogP contribution in [0, 0.1) is 11.3 Å². The first-order chi connectivity index (χ1) is 3.31. The molecule has 0 aromatic heterocycles. The van der Waals surface area contributed by atoms with Crippen LogP contribution in [0.15, 0.2) is 0 Å². The van der Waals surface area contributed by atoms with Crippen molar-refractivity contribution in [1.82, 2.24) is 0 Å². The van der Waals surface area contributed by atoms with Crippen molar-refractivity contribution in [2.24, 2.45) is 0 Å². The number of hydrogen-bond donors (Lipinski definition) is 1. The lowest BCUT2D eigenvalue weighted by molar-refractivity contribution is 0.218. The van der Waals surface area contributed by atoms with Gasteiger partial charge >= 0.3 is 0 Å². The van der Waals surface area contributed by atoms with E-state index >= 15 is 0 Å². The van der Waals surface area contributed by atoms with Gasteiger partial charge in [0.1, 0.15) is 6.10 Å². The van der Waals surface area contributed by atoms with Gasteiger partial charge in [-0.15, -0.1) is 0 Å². The first-order valence-electron chi connectivity index (χ1n) is 2.39. The molecule has 40 valence electrons. The lowest BCUT2D eigenvalue weighted by Crippen LogP contribution is -1.99. The van der Waals surface area contributed by atoms with Crippen LogP contribution in [0.3, 0.4) is 0 Å². The number of aliphatic hydroxyl groups is 1. The van der Waals surface area contributed by atoms with E-state index < -0.39 is 6.10 Å². The zero-order chi connectivity index (χ0) is 5.70. The summed E-state index contributed by atoms with van der Waals surface area (Å²) >= 11 is 0. The molecule has 0 aliphatic heterocycles. The van der Waals surface area contributed by atoms with Crippen molar-refractivity contribution < 1.29 is 5.11 Å². The number of hydrogen-bond acceptors (Lipinski definition) is 2. The standard InChI is InChI=1S/C5H9NO/c1-2-3-5(7)4-6/h5,7H,2-3H2,1H3/t5-/m0/s1. The van der Waals surface area contributed by atoms with Gasteiger partial charge in [-0.1, -0.05) is 13.3 Å². The molecule has 2 nitrogen and oxygen atoms in total. The first kappa shape index (κ1) is 6.45. The average molecular weight is 99.1 g/mol. The molecule has 0 bridgehead atoms. The third-order valence-electron chi connectivity index (χ3n) is 0.711. The van der Waals surface area contributed by atoms with E-state index in [4.69, 9.17) is 10.4 Å². The van der Waals surface area contributed by atoms with E-state index in [1.165, 1.54) is 0 Å². The maximum absolute atomic E-state index is 8.50. The molecule has 1 N–H and O–H groups in total. The highest BCUT2D eigenvalue weighted by Gasteiger charge is 1.94. The number of nitrogens with zero attached hydrogens (tertiary/aromatic N) is 1. The topological polar surface area (TPSA) is 44.0 Å². The fourth-order valence-corrected chi connectivity index (χ4v) is 0.338.